The first kappa shape index (κ1) is 8.06. The highest BCUT2D eigenvalue weighted by molar-refractivity contribution is 5.77. The lowest BCUT2D eigenvalue weighted by Crippen LogP contribution is -1.94. The van der Waals surface area contributed by atoms with Gasteiger partial charge >= 0.3 is 0 Å². The standard InChI is InChI=1S/C10H11N3/c1-6-8-4-5-12-10(8)9(11-3)7(2)13-6/h12H,4-5H2,1-2H3. The Bertz CT molecular complexity index is 402. The number of aryl methyl sites for hydroxylation is 2. The Hall–Kier alpha value is -1.56. The fraction of sp³-hybridized carbons (Fsp3) is 0.400. The molecule has 13 heavy (non-hydrogen) atoms. The molecule has 0 bridgehead atoms. The summed E-state index contributed by atoms with van der Waals surface area (Å²) in [6.07, 6.45) is 0.997. The summed E-state index contributed by atoms with van der Waals surface area (Å²) in [6.45, 7) is 11.9. The van der Waals surface area contributed by atoms with E-state index in [1.807, 2.05) is 13.8 Å². The first-order valence-corrected chi connectivity index (χ1v) is 4.35. The molecule has 1 aromatic heterocycles. The summed E-state index contributed by atoms with van der Waals surface area (Å²) in [6, 6.07) is 0. The average Bonchev–Trinajstić information content (AvgIpc) is 2.53. The zero-order valence-corrected chi connectivity index (χ0v) is 7.81. The molecule has 2 heterocycles. The maximum atomic E-state index is 7.07. The Balaban J connectivity index is 2.74. The van der Waals surface area contributed by atoms with Crippen LogP contribution in [0.1, 0.15) is 17.0 Å². The first-order chi connectivity index (χ1) is 6.24. The van der Waals surface area contributed by atoms with Crippen LogP contribution in [-0.2, 0) is 6.42 Å². The highest BCUT2D eigenvalue weighted by atomic mass is 15.0. The fourth-order valence-corrected chi connectivity index (χ4v) is 1.82. The molecular formula is C10H11N3. The Kier molecular flexibility index (Phi) is 1.70. The summed E-state index contributed by atoms with van der Waals surface area (Å²) >= 11 is 0. The molecule has 0 radical (unpaired) electrons. The van der Waals surface area contributed by atoms with E-state index in [-0.39, 0.29) is 0 Å². The number of pyridine rings is 1. The molecular weight excluding hydrogens is 162 g/mol. The molecule has 1 aromatic rings. The zero-order chi connectivity index (χ0) is 9.42. The van der Waals surface area contributed by atoms with Crippen LogP contribution in [0, 0.1) is 20.4 Å². The minimum Gasteiger partial charge on any atom is -0.393 e. The summed E-state index contributed by atoms with van der Waals surface area (Å²) in [5, 5.41) is 3.25. The van der Waals surface area contributed by atoms with Crippen molar-refractivity contribution in [3.63, 3.8) is 0 Å². The average molecular weight is 173 g/mol. The summed E-state index contributed by atoms with van der Waals surface area (Å²) in [7, 11) is 0. The van der Waals surface area contributed by atoms with Crippen LogP contribution >= 0.6 is 0 Å². The van der Waals surface area contributed by atoms with Gasteiger partial charge in [0.25, 0.3) is 0 Å². The van der Waals surface area contributed by atoms with Crippen LogP contribution in [0.5, 0.6) is 0 Å². The van der Waals surface area contributed by atoms with E-state index in [9.17, 15) is 0 Å². The van der Waals surface area contributed by atoms with E-state index in [0.29, 0.717) is 5.69 Å². The molecule has 1 aliphatic rings. The molecule has 0 fully saturated rings. The van der Waals surface area contributed by atoms with Crippen molar-refractivity contribution in [2.75, 3.05) is 11.9 Å². The predicted octanol–water partition coefficient (Wildman–Crippen LogP) is 2.22. The van der Waals surface area contributed by atoms with Gasteiger partial charge in [-0.3, -0.25) is 4.98 Å². The van der Waals surface area contributed by atoms with Gasteiger partial charge in [-0.05, 0) is 25.8 Å². The number of rotatable bonds is 0. The predicted molar refractivity (Wildman–Crippen MR) is 52.2 cm³/mol. The maximum Gasteiger partial charge on any atom is 0.230 e. The number of nitrogens with one attached hydrogen (secondary N) is 1. The van der Waals surface area contributed by atoms with Gasteiger partial charge in [0, 0.05) is 23.6 Å². The van der Waals surface area contributed by atoms with Crippen LogP contribution in [0.3, 0.4) is 0 Å². The van der Waals surface area contributed by atoms with E-state index in [1.54, 1.807) is 0 Å². The molecule has 1 aliphatic heterocycles. The molecule has 0 saturated heterocycles. The summed E-state index contributed by atoms with van der Waals surface area (Å²) in [5.74, 6) is 0. The first-order valence-electron chi connectivity index (χ1n) is 4.35. The van der Waals surface area contributed by atoms with Crippen LogP contribution in [0.2, 0.25) is 0 Å². The number of aromatic nitrogens is 1. The minimum atomic E-state index is 0.693. The highest BCUT2D eigenvalue weighted by Gasteiger charge is 2.19. The highest BCUT2D eigenvalue weighted by Crippen LogP contribution is 2.36. The molecule has 3 nitrogen and oxygen atoms in total. The van der Waals surface area contributed by atoms with Gasteiger partial charge < -0.3 is 5.32 Å². The smallest absolute Gasteiger partial charge is 0.230 e. The van der Waals surface area contributed by atoms with Crippen molar-refractivity contribution >= 4 is 11.4 Å². The molecule has 0 saturated carbocycles. The van der Waals surface area contributed by atoms with Gasteiger partial charge in [0.1, 0.15) is 0 Å². The Morgan fingerprint density at radius 2 is 2.15 bits per heavy atom. The second kappa shape index (κ2) is 2.74. The lowest BCUT2D eigenvalue weighted by molar-refractivity contribution is 1.04. The molecule has 0 unspecified atom stereocenters. The molecule has 0 spiro atoms. The van der Waals surface area contributed by atoms with Crippen LogP contribution < -0.4 is 5.32 Å². The Labute approximate surface area is 77.6 Å². The fourth-order valence-electron chi connectivity index (χ4n) is 1.82. The van der Waals surface area contributed by atoms with Gasteiger partial charge in [-0.15, -0.1) is 0 Å². The molecule has 0 atom stereocenters. The van der Waals surface area contributed by atoms with Crippen LogP contribution in [0.25, 0.3) is 4.85 Å². The topological polar surface area (TPSA) is 29.3 Å². The lowest BCUT2D eigenvalue weighted by atomic mass is 10.1. The number of hydrogen-bond donors (Lipinski definition) is 1. The van der Waals surface area contributed by atoms with Crippen LogP contribution in [0.15, 0.2) is 0 Å². The monoisotopic (exact) mass is 173 g/mol. The lowest BCUT2D eigenvalue weighted by Gasteiger charge is -2.07. The second-order valence-electron chi connectivity index (χ2n) is 3.27. The van der Waals surface area contributed by atoms with Crippen molar-refractivity contribution in [1.29, 1.82) is 0 Å². The van der Waals surface area contributed by atoms with E-state index in [2.05, 4.69) is 15.1 Å². The van der Waals surface area contributed by atoms with Crippen molar-refractivity contribution in [2.45, 2.75) is 20.3 Å². The van der Waals surface area contributed by atoms with E-state index in [1.165, 1.54) is 5.56 Å². The number of anilines is 1. The zero-order valence-electron chi connectivity index (χ0n) is 7.81. The summed E-state index contributed by atoms with van der Waals surface area (Å²) in [4.78, 5) is 7.87. The van der Waals surface area contributed by atoms with E-state index in [4.69, 9.17) is 6.57 Å². The van der Waals surface area contributed by atoms with Crippen molar-refractivity contribution in [3.05, 3.63) is 28.4 Å². The van der Waals surface area contributed by atoms with Gasteiger partial charge in [0.2, 0.25) is 5.69 Å². The van der Waals surface area contributed by atoms with Crippen molar-refractivity contribution in [1.82, 2.24) is 4.98 Å². The van der Waals surface area contributed by atoms with Gasteiger partial charge in [-0.1, -0.05) is 0 Å². The Morgan fingerprint density at radius 3 is 2.85 bits per heavy atom. The molecule has 1 N–H and O–H groups in total. The van der Waals surface area contributed by atoms with Crippen molar-refractivity contribution in [3.8, 4) is 0 Å². The third kappa shape index (κ3) is 1.06. The van der Waals surface area contributed by atoms with E-state index < -0.39 is 0 Å². The molecule has 66 valence electrons. The van der Waals surface area contributed by atoms with E-state index in [0.717, 1.165) is 30.0 Å². The van der Waals surface area contributed by atoms with Crippen LogP contribution in [0.4, 0.5) is 11.4 Å². The quantitative estimate of drug-likeness (QED) is 0.609. The minimum absolute atomic E-state index is 0.693. The molecule has 0 aromatic carbocycles. The largest absolute Gasteiger partial charge is 0.393 e. The number of nitrogens with zero attached hydrogens (tertiary/aromatic N) is 2. The molecule has 2 rings (SSSR count). The third-order valence-electron chi connectivity index (χ3n) is 2.44. The second-order valence-corrected chi connectivity index (χ2v) is 3.27. The van der Waals surface area contributed by atoms with Gasteiger partial charge in [-0.25, -0.2) is 4.85 Å². The Morgan fingerprint density at radius 1 is 1.38 bits per heavy atom. The van der Waals surface area contributed by atoms with Gasteiger partial charge in [0.05, 0.1) is 6.57 Å². The van der Waals surface area contributed by atoms with Gasteiger partial charge in [0.15, 0.2) is 0 Å². The van der Waals surface area contributed by atoms with Crippen molar-refractivity contribution in [2.24, 2.45) is 0 Å². The van der Waals surface area contributed by atoms with Crippen LogP contribution in [-0.4, -0.2) is 11.5 Å². The molecule has 0 aliphatic carbocycles. The summed E-state index contributed by atoms with van der Waals surface area (Å²) in [5.41, 5.74) is 4.82. The number of hydrogen-bond acceptors (Lipinski definition) is 2. The molecule has 0 amide bonds. The van der Waals surface area contributed by atoms with Crippen molar-refractivity contribution < 1.29 is 0 Å². The number of fused-ring (bicyclic) bond motifs is 1. The molecule has 3 heteroatoms. The SMILES string of the molecule is [C-]#[N+]c1c(C)nc(C)c2c1NCC2. The van der Waals surface area contributed by atoms with Gasteiger partial charge in [-0.2, -0.15) is 0 Å². The summed E-state index contributed by atoms with van der Waals surface area (Å²) < 4.78 is 0. The maximum absolute atomic E-state index is 7.07. The normalized spacial score (nSPS) is 13.3. The van der Waals surface area contributed by atoms with E-state index >= 15 is 0 Å². The third-order valence-corrected chi connectivity index (χ3v) is 2.44.